The molecule has 4 atom stereocenters. The Kier molecular flexibility index (Phi) is 3.13. The molecule has 0 aromatic rings. The third kappa shape index (κ3) is 1.82. The zero-order valence-electron chi connectivity index (χ0n) is 9.45. The van der Waals surface area contributed by atoms with Crippen LogP contribution >= 0.6 is 0 Å². The van der Waals surface area contributed by atoms with Gasteiger partial charge in [-0.15, -0.1) is 0 Å². The van der Waals surface area contributed by atoms with E-state index < -0.39 is 0 Å². The van der Waals surface area contributed by atoms with E-state index in [-0.39, 0.29) is 6.10 Å². The van der Waals surface area contributed by atoms with E-state index in [1.54, 1.807) is 0 Å². The molecule has 0 aromatic heterocycles. The third-order valence-corrected chi connectivity index (χ3v) is 4.29. The van der Waals surface area contributed by atoms with Gasteiger partial charge < -0.3 is 5.11 Å². The van der Waals surface area contributed by atoms with E-state index in [0.717, 1.165) is 12.3 Å². The maximum absolute atomic E-state index is 9.90. The van der Waals surface area contributed by atoms with Crippen LogP contribution in [0.2, 0.25) is 0 Å². The minimum Gasteiger partial charge on any atom is -0.391 e. The largest absolute Gasteiger partial charge is 0.391 e. The molecule has 0 spiro atoms. The number of likely N-dealkylation sites (tertiary alicyclic amines) is 1. The van der Waals surface area contributed by atoms with Crippen LogP contribution < -0.4 is 0 Å². The molecule has 0 bridgehead atoms. The maximum atomic E-state index is 9.90. The Bertz CT molecular complexity index is 195. The van der Waals surface area contributed by atoms with E-state index in [1.807, 2.05) is 0 Å². The summed E-state index contributed by atoms with van der Waals surface area (Å²) < 4.78 is 0. The Hall–Kier alpha value is -0.0800. The molecule has 1 aliphatic heterocycles. The van der Waals surface area contributed by atoms with Crippen molar-refractivity contribution in [2.24, 2.45) is 5.92 Å². The molecule has 2 rings (SSSR count). The van der Waals surface area contributed by atoms with E-state index in [0.29, 0.717) is 12.1 Å². The van der Waals surface area contributed by atoms with Gasteiger partial charge in [-0.25, -0.2) is 0 Å². The Labute approximate surface area is 87.3 Å². The van der Waals surface area contributed by atoms with Crippen molar-refractivity contribution in [1.29, 1.82) is 0 Å². The Morgan fingerprint density at radius 1 is 1.07 bits per heavy atom. The lowest BCUT2D eigenvalue weighted by atomic mass is 9.90. The van der Waals surface area contributed by atoms with Crippen molar-refractivity contribution in [3.8, 4) is 0 Å². The fourth-order valence-electron chi connectivity index (χ4n) is 3.14. The molecule has 2 heteroatoms. The highest BCUT2D eigenvalue weighted by Gasteiger charge is 2.36. The molecule has 1 saturated carbocycles. The van der Waals surface area contributed by atoms with Gasteiger partial charge in [0.15, 0.2) is 0 Å². The molecule has 4 unspecified atom stereocenters. The minimum atomic E-state index is -0.0530. The van der Waals surface area contributed by atoms with Gasteiger partial charge in [-0.05, 0) is 51.5 Å². The van der Waals surface area contributed by atoms with Crippen molar-refractivity contribution in [3.05, 3.63) is 0 Å². The van der Waals surface area contributed by atoms with Crippen molar-refractivity contribution in [1.82, 2.24) is 4.90 Å². The second-order valence-corrected chi connectivity index (χ2v) is 5.16. The number of hydrogen-bond acceptors (Lipinski definition) is 2. The van der Waals surface area contributed by atoms with Gasteiger partial charge in [-0.3, -0.25) is 4.90 Å². The summed E-state index contributed by atoms with van der Waals surface area (Å²) in [5, 5.41) is 9.90. The summed E-state index contributed by atoms with van der Waals surface area (Å²) in [5.41, 5.74) is 0. The molecule has 2 aliphatic rings. The fraction of sp³-hybridized carbons (Fsp3) is 1.00. The van der Waals surface area contributed by atoms with E-state index in [2.05, 4.69) is 18.7 Å². The lowest BCUT2D eigenvalue weighted by Gasteiger charge is -2.42. The molecular weight excluding hydrogens is 174 g/mol. The zero-order valence-corrected chi connectivity index (χ0v) is 9.45. The smallest absolute Gasteiger partial charge is 0.0695 e. The summed E-state index contributed by atoms with van der Waals surface area (Å²) in [4.78, 5) is 2.56. The molecule has 82 valence electrons. The van der Waals surface area contributed by atoms with Crippen molar-refractivity contribution >= 4 is 0 Å². The first-order valence-corrected chi connectivity index (χ1v) is 6.14. The van der Waals surface area contributed by atoms with Crippen LogP contribution in [0.1, 0.15) is 46.0 Å². The number of piperidine rings is 1. The van der Waals surface area contributed by atoms with E-state index in [4.69, 9.17) is 0 Å². The van der Waals surface area contributed by atoms with Gasteiger partial charge in [0.25, 0.3) is 0 Å². The summed E-state index contributed by atoms with van der Waals surface area (Å²) in [7, 11) is 0. The van der Waals surface area contributed by atoms with Crippen molar-refractivity contribution in [3.63, 3.8) is 0 Å². The van der Waals surface area contributed by atoms with Crippen molar-refractivity contribution in [2.45, 2.75) is 64.1 Å². The Morgan fingerprint density at radius 2 is 1.86 bits per heavy atom. The number of rotatable bonds is 1. The predicted octanol–water partition coefficient (Wildman–Crippen LogP) is 2.02. The van der Waals surface area contributed by atoms with E-state index in [1.165, 1.54) is 32.2 Å². The highest BCUT2D eigenvalue weighted by Crippen LogP contribution is 2.31. The molecule has 1 saturated heterocycles. The first-order chi connectivity index (χ1) is 6.70. The van der Waals surface area contributed by atoms with Crippen LogP contribution in [0.15, 0.2) is 0 Å². The summed E-state index contributed by atoms with van der Waals surface area (Å²) in [6.45, 7) is 5.88. The van der Waals surface area contributed by atoms with Crippen LogP contribution in [0.25, 0.3) is 0 Å². The SMILES string of the molecule is CC1CCCN(C2CCCC2O)C1C. The predicted molar refractivity (Wildman–Crippen MR) is 58.2 cm³/mol. The van der Waals surface area contributed by atoms with Gasteiger partial charge in [0, 0.05) is 12.1 Å². The quantitative estimate of drug-likeness (QED) is 0.695. The molecule has 1 N–H and O–H groups in total. The molecule has 2 nitrogen and oxygen atoms in total. The second kappa shape index (κ2) is 4.19. The molecule has 0 amide bonds. The highest BCUT2D eigenvalue weighted by molar-refractivity contribution is 4.90. The highest BCUT2D eigenvalue weighted by atomic mass is 16.3. The van der Waals surface area contributed by atoms with Gasteiger partial charge in [0.2, 0.25) is 0 Å². The Morgan fingerprint density at radius 3 is 2.50 bits per heavy atom. The van der Waals surface area contributed by atoms with Gasteiger partial charge >= 0.3 is 0 Å². The number of nitrogens with zero attached hydrogens (tertiary/aromatic N) is 1. The lowest BCUT2D eigenvalue weighted by molar-refractivity contribution is 0.0114. The van der Waals surface area contributed by atoms with Gasteiger partial charge in [-0.1, -0.05) is 6.92 Å². The van der Waals surface area contributed by atoms with Crippen LogP contribution in [-0.2, 0) is 0 Å². The van der Waals surface area contributed by atoms with Crippen molar-refractivity contribution < 1.29 is 5.11 Å². The summed E-state index contributed by atoms with van der Waals surface area (Å²) in [5.74, 6) is 0.802. The van der Waals surface area contributed by atoms with Crippen molar-refractivity contribution in [2.75, 3.05) is 6.54 Å². The Balaban J connectivity index is 2.01. The lowest BCUT2D eigenvalue weighted by Crippen LogP contribution is -2.50. The molecular formula is C12H23NO. The third-order valence-electron chi connectivity index (χ3n) is 4.29. The maximum Gasteiger partial charge on any atom is 0.0695 e. The van der Waals surface area contributed by atoms with E-state index >= 15 is 0 Å². The number of aliphatic hydroxyl groups excluding tert-OH is 1. The summed E-state index contributed by atoms with van der Waals surface area (Å²) in [6, 6.07) is 1.13. The van der Waals surface area contributed by atoms with Crippen LogP contribution in [0.5, 0.6) is 0 Å². The monoisotopic (exact) mass is 197 g/mol. The topological polar surface area (TPSA) is 23.5 Å². The molecule has 1 heterocycles. The summed E-state index contributed by atoms with van der Waals surface area (Å²) in [6.07, 6.45) is 6.06. The number of hydrogen-bond donors (Lipinski definition) is 1. The molecule has 0 radical (unpaired) electrons. The first-order valence-electron chi connectivity index (χ1n) is 6.14. The second-order valence-electron chi connectivity index (χ2n) is 5.16. The molecule has 1 aliphatic carbocycles. The minimum absolute atomic E-state index is 0.0530. The van der Waals surface area contributed by atoms with Crippen LogP contribution in [-0.4, -0.2) is 34.7 Å². The van der Waals surface area contributed by atoms with Gasteiger partial charge in [0.1, 0.15) is 0 Å². The van der Waals surface area contributed by atoms with Gasteiger partial charge in [0.05, 0.1) is 6.10 Å². The normalized spacial score (nSPS) is 45.6. The van der Waals surface area contributed by atoms with E-state index in [9.17, 15) is 5.11 Å². The fourth-order valence-corrected chi connectivity index (χ4v) is 3.14. The molecule has 2 fully saturated rings. The average molecular weight is 197 g/mol. The summed E-state index contributed by atoms with van der Waals surface area (Å²) >= 11 is 0. The van der Waals surface area contributed by atoms with Gasteiger partial charge in [-0.2, -0.15) is 0 Å². The zero-order chi connectivity index (χ0) is 10.1. The van der Waals surface area contributed by atoms with Crippen LogP contribution in [0.4, 0.5) is 0 Å². The molecule has 0 aromatic carbocycles. The standard InChI is InChI=1S/C12H23NO/c1-9-5-4-8-13(10(9)2)11-6-3-7-12(11)14/h9-12,14H,3-8H2,1-2H3. The van der Waals surface area contributed by atoms with Crippen LogP contribution in [0, 0.1) is 5.92 Å². The number of aliphatic hydroxyl groups is 1. The average Bonchev–Trinajstić information content (AvgIpc) is 2.57. The first kappa shape index (κ1) is 10.4. The van der Waals surface area contributed by atoms with Crippen LogP contribution in [0.3, 0.4) is 0 Å². The molecule has 14 heavy (non-hydrogen) atoms.